The normalized spacial score (nSPS) is 11.7. The van der Waals surface area contributed by atoms with Crippen LogP contribution in [0.1, 0.15) is 26.6 Å². The van der Waals surface area contributed by atoms with E-state index in [1.54, 1.807) is 10.6 Å². The summed E-state index contributed by atoms with van der Waals surface area (Å²) in [5.74, 6) is 0.593. The van der Waals surface area contributed by atoms with Crippen LogP contribution in [0.2, 0.25) is 5.02 Å². The number of hydrogen-bond acceptors (Lipinski definition) is 5. The quantitative estimate of drug-likeness (QED) is 0.695. The molecule has 0 atom stereocenters. The van der Waals surface area contributed by atoms with Gasteiger partial charge in [0.15, 0.2) is 11.6 Å². The van der Waals surface area contributed by atoms with Crippen LogP contribution in [0.25, 0.3) is 11.4 Å². The van der Waals surface area contributed by atoms with Crippen LogP contribution in [-0.2, 0) is 12.1 Å². The predicted octanol–water partition coefficient (Wildman–Crippen LogP) is 2.75. The van der Waals surface area contributed by atoms with Gasteiger partial charge in [-0.05, 0) is 26.8 Å². The van der Waals surface area contributed by atoms with E-state index < -0.39 is 10.5 Å². The molecule has 0 amide bonds. The van der Waals surface area contributed by atoms with E-state index in [1.165, 1.54) is 12.1 Å². The van der Waals surface area contributed by atoms with Gasteiger partial charge in [-0.15, -0.1) is 10.2 Å². The Labute approximate surface area is 126 Å². The SMILES string of the molecule is CC(C)(C)n1c(CO)nnc1-c1c(Cl)cccc1[N+](=O)[O-]. The number of nitro benzene ring substituents is 1. The van der Waals surface area contributed by atoms with Gasteiger partial charge in [0.2, 0.25) is 0 Å². The standard InChI is InChI=1S/C13H15ClN4O3/c1-13(2,3)17-10(7-19)15-16-12(17)11-8(14)5-4-6-9(11)18(20)21/h4-6,19H,7H2,1-3H3. The average Bonchev–Trinajstić information content (AvgIpc) is 2.81. The molecule has 0 saturated heterocycles. The number of rotatable bonds is 3. The first kappa shape index (κ1) is 15.4. The Balaban J connectivity index is 2.80. The van der Waals surface area contributed by atoms with Gasteiger partial charge in [-0.25, -0.2) is 0 Å². The summed E-state index contributed by atoms with van der Waals surface area (Å²) in [4.78, 5) is 10.7. The van der Waals surface area contributed by atoms with Crippen molar-refractivity contribution in [2.24, 2.45) is 0 Å². The van der Waals surface area contributed by atoms with E-state index in [2.05, 4.69) is 10.2 Å². The number of nitrogens with zero attached hydrogens (tertiary/aromatic N) is 4. The minimum atomic E-state index is -0.512. The molecule has 1 N–H and O–H groups in total. The molecule has 0 aliphatic rings. The third-order valence-electron chi connectivity index (χ3n) is 2.95. The van der Waals surface area contributed by atoms with Crippen molar-refractivity contribution >= 4 is 17.3 Å². The average molecular weight is 311 g/mol. The smallest absolute Gasteiger partial charge is 0.281 e. The Morgan fingerprint density at radius 1 is 1.38 bits per heavy atom. The van der Waals surface area contributed by atoms with E-state index in [0.717, 1.165) is 0 Å². The molecule has 0 aliphatic carbocycles. The van der Waals surface area contributed by atoms with Gasteiger partial charge in [0.05, 0.1) is 9.95 Å². The minimum absolute atomic E-state index is 0.148. The molecule has 112 valence electrons. The fourth-order valence-corrected chi connectivity index (χ4v) is 2.43. The number of nitro groups is 1. The zero-order chi connectivity index (χ0) is 15.8. The molecular weight excluding hydrogens is 296 g/mol. The molecular formula is C13H15ClN4O3. The van der Waals surface area contributed by atoms with Gasteiger partial charge in [0.1, 0.15) is 12.2 Å². The van der Waals surface area contributed by atoms with Crippen LogP contribution in [-0.4, -0.2) is 24.8 Å². The second-order valence-corrected chi connectivity index (χ2v) is 5.90. The zero-order valence-electron chi connectivity index (χ0n) is 11.9. The monoisotopic (exact) mass is 310 g/mol. The van der Waals surface area contributed by atoms with Crippen molar-refractivity contribution in [2.45, 2.75) is 32.9 Å². The van der Waals surface area contributed by atoms with Crippen molar-refractivity contribution in [2.75, 3.05) is 0 Å². The van der Waals surface area contributed by atoms with Gasteiger partial charge in [0.25, 0.3) is 5.69 Å². The summed E-state index contributed by atoms with van der Waals surface area (Å²) < 4.78 is 1.65. The number of halogens is 1. The van der Waals surface area contributed by atoms with Crippen LogP contribution >= 0.6 is 11.6 Å². The number of aliphatic hydroxyl groups excluding tert-OH is 1. The van der Waals surface area contributed by atoms with Crippen LogP contribution in [0.3, 0.4) is 0 Å². The molecule has 2 aromatic rings. The fraction of sp³-hybridized carbons (Fsp3) is 0.385. The highest BCUT2D eigenvalue weighted by Gasteiger charge is 2.29. The Morgan fingerprint density at radius 2 is 2.05 bits per heavy atom. The lowest BCUT2D eigenvalue weighted by atomic mass is 10.1. The molecule has 0 fully saturated rings. The van der Waals surface area contributed by atoms with Gasteiger partial charge >= 0.3 is 0 Å². The van der Waals surface area contributed by atoms with Crippen molar-refractivity contribution in [1.29, 1.82) is 0 Å². The Kier molecular flexibility index (Phi) is 3.97. The topological polar surface area (TPSA) is 94.1 Å². The van der Waals surface area contributed by atoms with Crippen molar-refractivity contribution in [3.8, 4) is 11.4 Å². The Bertz CT molecular complexity index is 691. The molecule has 0 bridgehead atoms. The first-order valence-electron chi connectivity index (χ1n) is 6.26. The van der Waals surface area contributed by atoms with Gasteiger partial charge in [-0.2, -0.15) is 0 Å². The first-order chi connectivity index (χ1) is 9.77. The molecule has 0 saturated carbocycles. The molecule has 0 radical (unpaired) electrons. The van der Waals surface area contributed by atoms with Crippen molar-refractivity contribution in [3.05, 3.63) is 39.2 Å². The molecule has 1 heterocycles. The first-order valence-corrected chi connectivity index (χ1v) is 6.64. The Morgan fingerprint density at radius 3 is 2.57 bits per heavy atom. The molecule has 0 spiro atoms. The van der Waals surface area contributed by atoms with Crippen molar-refractivity contribution < 1.29 is 10.0 Å². The van der Waals surface area contributed by atoms with Crippen molar-refractivity contribution in [1.82, 2.24) is 14.8 Å². The summed E-state index contributed by atoms with van der Waals surface area (Å²) in [7, 11) is 0. The Hall–Kier alpha value is -1.99. The molecule has 1 aromatic heterocycles. The van der Waals surface area contributed by atoms with E-state index in [9.17, 15) is 15.2 Å². The second kappa shape index (κ2) is 5.42. The third kappa shape index (κ3) is 2.74. The molecule has 7 nitrogen and oxygen atoms in total. The van der Waals surface area contributed by atoms with Crippen LogP contribution in [0.4, 0.5) is 5.69 Å². The van der Waals surface area contributed by atoms with E-state index in [1.807, 2.05) is 20.8 Å². The molecule has 21 heavy (non-hydrogen) atoms. The molecule has 2 rings (SSSR count). The zero-order valence-corrected chi connectivity index (χ0v) is 12.6. The van der Waals surface area contributed by atoms with Crippen molar-refractivity contribution in [3.63, 3.8) is 0 Å². The largest absolute Gasteiger partial charge is 0.388 e. The maximum absolute atomic E-state index is 11.2. The fourth-order valence-electron chi connectivity index (χ4n) is 2.17. The summed E-state index contributed by atoms with van der Waals surface area (Å²) in [6.07, 6.45) is 0. The van der Waals surface area contributed by atoms with Gasteiger partial charge in [-0.3, -0.25) is 10.1 Å². The van der Waals surface area contributed by atoms with E-state index in [0.29, 0.717) is 5.82 Å². The van der Waals surface area contributed by atoms with Gasteiger partial charge in [0, 0.05) is 11.6 Å². The number of aliphatic hydroxyl groups is 1. The lowest BCUT2D eigenvalue weighted by molar-refractivity contribution is -0.384. The number of hydrogen-bond donors (Lipinski definition) is 1. The van der Waals surface area contributed by atoms with Gasteiger partial charge in [-0.1, -0.05) is 17.7 Å². The summed E-state index contributed by atoms with van der Waals surface area (Å²) >= 11 is 6.13. The molecule has 0 aliphatic heterocycles. The van der Waals surface area contributed by atoms with Crippen LogP contribution in [0.5, 0.6) is 0 Å². The highest BCUT2D eigenvalue weighted by atomic mass is 35.5. The summed E-state index contributed by atoms with van der Waals surface area (Å²) in [5, 5.41) is 28.7. The molecule has 0 unspecified atom stereocenters. The lowest BCUT2D eigenvalue weighted by Gasteiger charge is -2.24. The highest BCUT2D eigenvalue weighted by molar-refractivity contribution is 6.33. The van der Waals surface area contributed by atoms with Crippen LogP contribution < -0.4 is 0 Å². The van der Waals surface area contributed by atoms with E-state index in [-0.39, 0.29) is 28.7 Å². The number of aromatic nitrogens is 3. The van der Waals surface area contributed by atoms with Crippen LogP contribution in [0.15, 0.2) is 18.2 Å². The number of benzene rings is 1. The maximum atomic E-state index is 11.2. The predicted molar refractivity (Wildman–Crippen MR) is 78.0 cm³/mol. The molecule has 8 heteroatoms. The van der Waals surface area contributed by atoms with E-state index in [4.69, 9.17) is 11.6 Å². The third-order valence-corrected chi connectivity index (χ3v) is 3.27. The summed E-state index contributed by atoms with van der Waals surface area (Å²) in [6, 6.07) is 4.43. The summed E-state index contributed by atoms with van der Waals surface area (Å²) in [5.41, 5.74) is -0.416. The highest BCUT2D eigenvalue weighted by Crippen LogP contribution is 2.37. The summed E-state index contributed by atoms with van der Waals surface area (Å²) in [6.45, 7) is 5.35. The second-order valence-electron chi connectivity index (χ2n) is 5.50. The molecule has 1 aromatic carbocycles. The maximum Gasteiger partial charge on any atom is 0.281 e. The minimum Gasteiger partial charge on any atom is -0.388 e. The van der Waals surface area contributed by atoms with Crippen LogP contribution in [0, 0.1) is 10.1 Å². The van der Waals surface area contributed by atoms with E-state index >= 15 is 0 Å². The lowest BCUT2D eigenvalue weighted by Crippen LogP contribution is -2.25. The van der Waals surface area contributed by atoms with Gasteiger partial charge < -0.3 is 9.67 Å².